The predicted octanol–water partition coefficient (Wildman–Crippen LogP) is 0.668. The number of aromatic nitrogens is 2. The number of hydrogen-bond donors (Lipinski definition) is 1. The highest BCUT2D eigenvalue weighted by Crippen LogP contribution is 2.28. The van der Waals surface area contributed by atoms with Gasteiger partial charge in [0.15, 0.2) is 0 Å². The summed E-state index contributed by atoms with van der Waals surface area (Å²) in [6.07, 6.45) is 3.49. The summed E-state index contributed by atoms with van der Waals surface area (Å²) in [7, 11) is 1.07. The van der Waals surface area contributed by atoms with Crippen LogP contribution in [-0.2, 0) is 21.8 Å². The normalized spacial score (nSPS) is 27.1. The van der Waals surface area contributed by atoms with Crippen molar-refractivity contribution in [3.05, 3.63) is 11.9 Å². The van der Waals surface area contributed by atoms with Gasteiger partial charge < -0.3 is 9.84 Å². The maximum Gasteiger partial charge on any atom is 0.246 e. The highest BCUT2D eigenvalue weighted by atomic mass is 32.2. The average molecular weight is 331 g/mol. The molecule has 0 unspecified atom stereocenters. The smallest absolute Gasteiger partial charge is 0.246 e. The van der Waals surface area contributed by atoms with Gasteiger partial charge in [0, 0.05) is 27.4 Å². The summed E-state index contributed by atoms with van der Waals surface area (Å²) < 4.78 is 33.8. The topological polar surface area (TPSA) is 84.7 Å². The van der Waals surface area contributed by atoms with Gasteiger partial charge in [-0.25, -0.2) is 8.42 Å². The highest BCUT2D eigenvalue weighted by Gasteiger charge is 2.38. The minimum Gasteiger partial charge on any atom is -0.389 e. The fraction of sp³-hybridized carbons (Fsp3) is 0.786. The Hall–Kier alpha value is -0.960. The van der Waals surface area contributed by atoms with Gasteiger partial charge in [-0.2, -0.15) is 9.40 Å². The number of ether oxygens (including phenoxy) is 1. The van der Waals surface area contributed by atoms with Gasteiger partial charge in [0.05, 0.1) is 23.9 Å². The molecular weight excluding hydrogens is 306 g/mol. The second-order valence-corrected chi connectivity index (χ2v) is 7.86. The SMILES string of the molecule is CO[C@@H]1CCCC[C@@H](N(C)S(=O)(=O)c2cn(C)nc2C)[C@H]1O. The van der Waals surface area contributed by atoms with Crippen LogP contribution in [0.3, 0.4) is 0 Å². The molecule has 1 saturated carbocycles. The van der Waals surface area contributed by atoms with Crippen LogP contribution in [0, 0.1) is 6.92 Å². The van der Waals surface area contributed by atoms with Gasteiger partial charge in [-0.15, -0.1) is 0 Å². The number of rotatable bonds is 4. The minimum atomic E-state index is -3.69. The Labute approximate surface area is 131 Å². The lowest BCUT2D eigenvalue weighted by Crippen LogP contribution is -2.48. The van der Waals surface area contributed by atoms with E-state index in [0.717, 1.165) is 19.3 Å². The Bertz CT molecular complexity index is 614. The van der Waals surface area contributed by atoms with Crippen LogP contribution in [0.5, 0.6) is 0 Å². The molecule has 7 nitrogen and oxygen atoms in total. The molecule has 1 heterocycles. The maximum atomic E-state index is 12.8. The van der Waals surface area contributed by atoms with Crippen LogP contribution in [0.4, 0.5) is 0 Å². The van der Waals surface area contributed by atoms with Crippen molar-refractivity contribution in [3.63, 3.8) is 0 Å². The number of nitrogens with zero attached hydrogens (tertiary/aromatic N) is 3. The molecule has 0 saturated heterocycles. The van der Waals surface area contributed by atoms with Crippen LogP contribution in [-0.4, -0.2) is 60.0 Å². The summed E-state index contributed by atoms with van der Waals surface area (Å²) in [6, 6.07) is -0.489. The van der Waals surface area contributed by atoms with E-state index in [2.05, 4.69) is 5.10 Å². The van der Waals surface area contributed by atoms with E-state index in [-0.39, 0.29) is 11.0 Å². The number of sulfonamides is 1. The standard InChI is InChI=1S/C14H25N3O4S/c1-10-13(9-16(2)15-10)22(19,20)17(3)11-7-5-6-8-12(21-4)14(11)18/h9,11-12,14,18H,5-8H2,1-4H3/t11-,12-,14-/m1/s1. The molecule has 8 heteroatoms. The lowest BCUT2D eigenvalue weighted by atomic mass is 10.0. The Morgan fingerprint density at radius 1 is 1.41 bits per heavy atom. The third-order valence-electron chi connectivity index (χ3n) is 4.41. The zero-order chi connectivity index (χ0) is 16.5. The van der Waals surface area contributed by atoms with Crippen molar-refractivity contribution in [1.82, 2.24) is 14.1 Å². The molecular formula is C14H25N3O4S. The van der Waals surface area contributed by atoms with E-state index in [4.69, 9.17) is 4.74 Å². The van der Waals surface area contributed by atoms with Crippen LogP contribution in [0.15, 0.2) is 11.1 Å². The summed E-state index contributed by atoms with van der Waals surface area (Å²) >= 11 is 0. The number of methoxy groups -OCH3 is 1. The van der Waals surface area contributed by atoms with Crippen LogP contribution >= 0.6 is 0 Å². The van der Waals surface area contributed by atoms with Gasteiger partial charge in [0.2, 0.25) is 10.0 Å². The molecule has 1 N–H and O–H groups in total. The van der Waals surface area contributed by atoms with Crippen molar-refractivity contribution >= 4 is 10.0 Å². The molecule has 0 amide bonds. The maximum absolute atomic E-state index is 12.8. The summed E-state index contributed by atoms with van der Waals surface area (Å²) in [6.45, 7) is 1.67. The van der Waals surface area contributed by atoms with E-state index >= 15 is 0 Å². The molecule has 1 aliphatic carbocycles. The monoisotopic (exact) mass is 331 g/mol. The molecule has 1 fully saturated rings. The molecule has 1 aliphatic rings. The first-order chi connectivity index (χ1) is 10.3. The van der Waals surface area contributed by atoms with Crippen molar-refractivity contribution in [1.29, 1.82) is 0 Å². The Balaban J connectivity index is 2.32. The first-order valence-electron chi connectivity index (χ1n) is 7.48. The van der Waals surface area contributed by atoms with E-state index in [1.165, 1.54) is 22.2 Å². The van der Waals surface area contributed by atoms with E-state index in [1.807, 2.05) is 0 Å². The second-order valence-electron chi connectivity index (χ2n) is 5.89. The molecule has 0 bridgehead atoms. The number of aliphatic hydroxyl groups excluding tert-OH is 1. The number of hydrogen-bond acceptors (Lipinski definition) is 5. The van der Waals surface area contributed by atoms with Crippen LogP contribution in [0.25, 0.3) is 0 Å². The molecule has 0 aromatic carbocycles. The lowest BCUT2D eigenvalue weighted by Gasteiger charge is -2.32. The van der Waals surface area contributed by atoms with Crippen LogP contribution in [0.2, 0.25) is 0 Å². The number of aliphatic hydroxyl groups is 1. The third kappa shape index (κ3) is 3.19. The molecule has 0 aliphatic heterocycles. The minimum absolute atomic E-state index is 0.183. The predicted molar refractivity (Wildman–Crippen MR) is 82.0 cm³/mol. The van der Waals surface area contributed by atoms with Crippen molar-refractivity contribution < 1.29 is 18.3 Å². The summed E-state index contributed by atoms with van der Waals surface area (Å²) in [5.74, 6) is 0. The van der Waals surface area contributed by atoms with Gasteiger partial charge in [-0.1, -0.05) is 12.8 Å². The number of aryl methyl sites for hydroxylation is 2. The van der Waals surface area contributed by atoms with Crippen molar-refractivity contribution in [2.75, 3.05) is 14.2 Å². The quantitative estimate of drug-likeness (QED) is 0.820. The average Bonchev–Trinajstić information content (AvgIpc) is 2.70. The molecule has 2 rings (SSSR count). The van der Waals surface area contributed by atoms with E-state index in [0.29, 0.717) is 12.1 Å². The van der Waals surface area contributed by atoms with E-state index in [9.17, 15) is 13.5 Å². The third-order valence-corrected chi connectivity index (χ3v) is 6.39. The van der Waals surface area contributed by atoms with Crippen molar-refractivity contribution in [3.8, 4) is 0 Å². The van der Waals surface area contributed by atoms with Gasteiger partial charge in [0.25, 0.3) is 0 Å². The van der Waals surface area contributed by atoms with Crippen molar-refractivity contribution in [2.45, 2.75) is 55.8 Å². The molecule has 1 aromatic heterocycles. The zero-order valence-electron chi connectivity index (χ0n) is 13.6. The number of likely N-dealkylation sites (N-methyl/N-ethyl adjacent to an activating group) is 1. The summed E-state index contributed by atoms with van der Waals surface area (Å²) in [5, 5.41) is 14.6. The first kappa shape index (κ1) is 17.4. The second kappa shape index (κ2) is 6.66. The molecule has 0 radical (unpaired) electrons. The van der Waals surface area contributed by atoms with Gasteiger partial charge >= 0.3 is 0 Å². The largest absolute Gasteiger partial charge is 0.389 e. The van der Waals surface area contributed by atoms with Crippen LogP contribution in [0.1, 0.15) is 31.4 Å². The molecule has 22 heavy (non-hydrogen) atoms. The summed E-state index contributed by atoms with van der Waals surface area (Å²) in [4.78, 5) is 0.183. The van der Waals surface area contributed by atoms with E-state index in [1.54, 1.807) is 21.1 Å². The van der Waals surface area contributed by atoms with Gasteiger partial charge in [-0.3, -0.25) is 4.68 Å². The first-order valence-corrected chi connectivity index (χ1v) is 8.92. The summed E-state index contributed by atoms with van der Waals surface area (Å²) in [5.41, 5.74) is 0.459. The fourth-order valence-electron chi connectivity index (χ4n) is 3.11. The van der Waals surface area contributed by atoms with Gasteiger partial charge in [-0.05, 0) is 19.8 Å². The van der Waals surface area contributed by atoms with Crippen LogP contribution < -0.4 is 0 Å². The fourth-order valence-corrected chi connectivity index (χ4v) is 4.70. The Morgan fingerprint density at radius 2 is 2.05 bits per heavy atom. The molecule has 1 aromatic rings. The van der Waals surface area contributed by atoms with Crippen molar-refractivity contribution in [2.24, 2.45) is 7.05 Å². The lowest BCUT2D eigenvalue weighted by molar-refractivity contribution is -0.0389. The van der Waals surface area contributed by atoms with Gasteiger partial charge in [0.1, 0.15) is 4.90 Å². The molecule has 3 atom stereocenters. The van der Waals surface area contributed by atoms with E-state index < -0.39 is 22.2 Å². The Morgan fingerprint density at radius 3 is 2.59 bits per heavy atom. The Kier molecular flexibility index (Phi) is 5.26. The highest BCUT2D eigenvalue weighted by molar-refractivity contribution is 7.89. The zero-order valence-corrected chi connectivity index (χ0v) is 14.4. The molecule has 126 valence electrons. The molecule has 0 spiro atoms.